The number of para-hydroxylation sites is 1. The molecule has 7 heteroatoms. The van der Waals surface area contributed by atoms with Crippen molar-refractivity contribution in [2.24, 2.45) is 5.10 Å². The molecule has 0 saturated heterocycles. The first-order valence-electron chi connectivity index (χ1n) is 9.82. The van der Waals surface area contributed by atoms with E-state index in [0.717, 1.165) is 16.8 Å². The number of hydrazone groups is 1. The van der Waals surface area contributed by atoms with E-state index in [4.69, 9.17) is 17.0 Å². The summed E-state index contributed by atoms with van der Waals surface area (Å²) in [7, 11) is 0. The van der Waals surface area contributed by atoms with Crippen molar-refractivity contribution < 1.29 is 9.53 Å². The standard InChI is InChI=1S/C24H24N4O2S/c1-18(20-8-4-2-5-9-20)26-23(29)17-30-22-14-12-19(13-15-22)16-25-28-24(31)27-21-10-6-3-7-11-21/h2-16,18H,17H2,1H3,(H,26,29)(H2,27,28,31)/b25-16-/t18-/m0/s1. The summed E-state index contributed by atoms with van der Waals surface area (Å²) < 4.78 is 5.57. The van der Waals surface area contributed by atoms with Crippen molar-refractivity contribution in [1.82, 2.24) is 10.7 Å². The molecular formula is C24H24N4O2S. The molecule has 3 aromatic rings. The maximum absolute atomic E-state index is 12.1. The summed E-state index contributed by atoms with van der Waals surface area (Å²) >= 11 is 5.20. The second-order valence-corrected chi connectivity index (χ2v) is 7.16. The Morgan fingerprint density at radius 1 is 1.00 bits per heavy atom. The molecule has 0 aliphatic heterocycles. The number of thiocarbonyl (C=S) groups is 1. The van der Waals surface area contributed by atoms with E-state index in [9.17, 15) is 4.79 Å². The number of carbonyl (C=O) groups excluding carboxylic acids is 1. The first kappa shape index (κ1) is 22.0. The van der Waals surface area contributed by atoms with Crippen LogP contribution in [-0.2, 0) is 4.79 Å². The van der Waals surface area contributed by atoms with Crippen LogP contribution in [-0.4, -0.2) is 23.8 Å². The average Bonchev–Trinajstić information content (AvgIpc) is 2.80. The quantitative estimate of drug-likeness (QED) is 0.282. The van der Waals surface area contributed by atoms with Crippen molar-refractivity contribution in [2.45, 2.75) is 13.0 Å². The van der Waals surface area contributed by atoms with Crippen molar-refractivity contribution in [2.75, 3.05) is 11.9 Å². The lowest BCUT2D eigenvalue weighted by Crippen LogP contribution is -2.31. The number of nitrogens with zero attached hydrogens (tertiary/aromatic N) is 1. The molecule has 0 unspecified atom stereocenters. The van der Waals surface area contributed by atoms with Gasteiger partial charge in [0.1, 0.15) is 5.75 Å². The van der Waals surface area contributed by atoms with Crippen LogP contribution in [0.15, 0.2) is 90.0 Å². The number of anilines is 1. The van der Waals surface area contributed by atoms with Gasteiger partial charge < -0.3 is 15.4 Å². The largest absolute Gasteiger partial charge is 0.484 e. The second kappa shape index (κ2) is 11.5. The van der Waals surface area contributed by atoms with Crippen LogP contribution >= 0.6 is 12.2 Å². The van der Waals surface area contributed by atoms with Gasteiger partial charge in [-0.1, -0.05) is 48.5 Å². The number of benzene rings is 3. The fourth-order valence-corrected chi connectivity index (χ4v) is 2.92. The number of hydrogen-bond donors (Lipinski definition) is 3. The molecule has 0 heterocycles. The third-order valence-electron chi connectivity index (χ3n) is 4.34. The molecular weight excluding hydrogens is 408 g/mol. The first-order chi connectivity index (χ1) is 15.1. The zero-order valence-corrected chi connectivity index (χ0v) is 17.9. The van der Waals surface area contributed by atoms with Crippen molar-refractivity contribution in [3.05, 3.63) is 96.1 Å². The van der Waals surface area contributed by atoms with Gasteiger partial charge in [-0.2, -0.15) is 5.10 Å². The van der Waals surface area contributed by atoms with Crippen LogP contribution in [0.5, 0.6) is 5.75 Å². The van der Waals surface area contributed by atoms with Crippen molar-refractivity contribution in [3.63, 3.8) is 0 Å². The summed E-state index contributed by atoms with van der Waals surface area (Å²) in [6.45, 7) is 1.89. The van der Waals surface area contributed by atoms with Gasteiger partial charge in [-0.3, -0.25) is 10.2 Å². The zero-order chi connectivity index (χ0) is 21.9. The summed E-state index contributed by atoms with van der Waals surface area (Å²) in [5.41, 5.74) is 5.57. The lowest BCUT2D eigenvalue weighted by Gasteiger charge is -2.14. The second-order valence-electron chi connectivity index (χ2n) is 6.75. The van der Waals surface area contributed by atoms with Crippen molar-refractivity contribution in [3.8, 4) is 5.75 Å². The van der Waals surface area contributed by atoms with Crippen molar-refractivity contribution in [1.29, 1.82) is 0 Å². The molecule has 0 spiro atoms. The van der Waals surface area contributed by atoms with Crippen molar-refractivity contribution >= 4 is 35.1 Å². The Labute approximate surface area is 187 Å². The Balaban J connectivity index is 1.40. The maximum Gasteiger partial charge on any atom is 0.258 e. The van der Waals surface area contributed by atoms with Gasteiger partial charge in [0, 0.05) is 5.69 Å². The molecule has 31 heavy (non-hydrogen) atoms. The molecule has 0 aliphatic carbocycles. The zero-order valence-electron chi connectivity index (χ0n) is 17.1. The molecule has 0 aliphatic rings. The van der Waals surface area contributed by atoms with E-state index in [2.05, 4.69) is 21.2 Å². The van der Waals surface area contributed by atoms with E-state index in [-0.39, 0.29) is 18.6 Å². The van der Waals surface area contributed by atoms with Gasteiger partial charge in [-0.15, -0.1) is 0 Å². The number of rotatable bonds is 8. The Morgan fingerprint density at radius 2 is 1.65 bits per heavy atom. The Bertz CT molecular complexity index is 1010. The highest BCUT2D eigenvalue weighted by molar-refractivity contribution is 7.80. The Hall–Kier alpha value is -3.71. The smallest absolute Gasteiger partial charge is 0.258 e. The molecule has 3 rings (SSSR count). The van der Waals surface area contributed by atoms with Crippen LogP contribution < -0.4 is 20.8 Å². The van der Waals surface area contributed by atoms with Gasteiger partial charge in [-0.25, -0.2) is 0 Å². The van der Waals surface area contributed by atoms with E-state index in [1.807, 2.05) is 79.7 Å². The molecule has 0 fully saturated rings. The van der Waals surface area contributed by atoms with Gasteiger partial charge in [0.15, 0.2) is 11.7 Å². The van der Waals surface area contributed by atoms with Crippen LogP contribution in [0.4, 0.5) is 5.69 Å². The topological polar surface area (TPSA) is 74.8 Å². The fraction of sp³-hybridized carbons (Fsp3) is 0.125. The minimum absolute atomic E-state index is 0.0500. The van der Waals surface area contributed by atoms with Crippen LogP contribution in [0.1, 0.15) is 24.1 Å². The third kappa shape index (κ3) is 7.56. The predicted octanol–water partition coefficient (Wildman–Crippen LogP) is 4.26. The van der Waals surface area contributed by atoms with E-state index >= 15 is 0 Å². The van der Waals surface area contributed by atoms with Crippen LogP contribution in [0.2, 0.25) is 0 Å². The maximum atomic E-state index is 12.1. The van der Waals surface area contributed by atoms with E-state index in [0.29, 0.717) is 10.9 Å². The molecule has 1 atom stereocenters. The number of hydrogen-bond acceptors (Lipinski definition) is 4. The summed E-state index contributed by atoms with van der Waals surface area (Å²) in [5, 5.41) is 10.5. The number of ether oxygens (including phenoxy) is 1. The predicted molar refractivity (Wildman–Crippen MR) is 128 cm³/mol. The lowest BCUT2D eigenvalue weighted by atomic mass is 10.1. The first-order valence-corrected chi connectivity index (χ1v) is 10.2. The molecule has 0 radical (unpaired) electrons. The summed E-state index contributed by atoms with van der Waals surface area (Å²) in [4.78, 5) is 12.1. The van der Waals surface area contributed by atoms with Gasteiger partial charge in [-0.05, 0) is 66.7 Å². The average molecular weight is 433 g/mol. The van der Waals surface area contributed by atoms with Crippen LogP contribution in [0, 0.1) is 0 Å². The molecule has 0 aromatic heterocycles. The third-order valence-corrected chi connectivity index (χ3v) is 4.53. The van der Waals surface area contributed by atoms with Crippen LogP contribution in [0.3, 0.4) is 0 Å². The molecule has 1 amide bonds. The minimum Gasteiger partial charge on any atom is -0.484 e. The van der Waals surface area contributed by atoms with E-state index in [1.54, 1.807) is 18.3 Å². The normalized spacial score (nSPS) is 11.5. The lowest BCUT2D eigenvalue weighted by molar-refractivity contribution is -0.123. The summed E-state index contributed by atoms with van der Waals surface area (Å²) in [5.74, 6) is 0.430. The minimum atomic E-state index is -0.175. The number of nitrogens with one attached hydrogen (secondary N) is 3. The molecule has 6 nitrogen and oxygen atoms in total. The van der Waals surface area contributed by atoms with Gasteiger partial charge >= 0.3 is 0 Å². The molecule has 0 saturated carbocycles. The van der Waals surface area contributed by atoms with Gasteiger partial charge in [0.25, 0.3) is 5.91 Å². The molecule has 3 N–H and O–H groups in total. The Morgan fingerprint density at radius 3 is 2.32 bits per heavy atom. The molecule has 3 aromatic carbocycles. The molecule has 158 valence electrons. The number of carbonyl (C=O) groups is 1. The van der Waals surface area contributed by atoms with Gasteiger partial charge in [0.2, 0.25) is 0 Å². The SMILES string of the molecule is C[C@H](NC(=O)COc1ccc(/C=N\NC(=S)Nc2ccccc2)cc1)c1ccccc1. The van der Waals surface area contributed by atoms with E-state index in [1.165, 1.54) is 0 Å². The van der Waals surface area contributed by atoms with E-state index < -0.39 is 0 Å². The monoisotopic (exact) mass is 432 g/mol. The fourth-order valence-electron chi connectivity index (χ4n) is 2.75. The summed E-state index contributed by atoms with van der Waals surface area (Å²) in [6, 6.07) is 26.6. The summed E-state index contributed by atoms with van der Waals surface area (Å²) in [6.07, 6.45) is 1.65. The number of amides is 1. The highest BCUT2D eigenvalue weighted by atomic mass is 32.1. The Kier molecular flexibility index (Phi) is 8.13. The molecule has 0 bridgehead atoms. The highest BCUT2D eigenvalue weighted by Crippen LogP contribution is 2.13. The van der Waals surface area contributed by atoms with Gasteiger partial charge in [0.05, 0.1) is 12.3 Å². The van der Waals surface area contributed by atoms with Crippen LogP contribution in [0.25, 0.3) is 0 Å². The highest BCUT2D eigenvalue weighted by Gasteiger charge is 2.09.